The maximum atomic E-state index is 4.48. The van der Waals surface area contributed by atoms with Crippen molar-refractivity contribution < 1.29 is 0 Å². The van der Waals surface area contributed by atoms with Crippen LogP contribution >= 0.6 is 0 Å². The van der Waals surface area contributed by atoms with E-state index in [-0.39, 0.29) is 6.04 Å². The summed E-state index contributed by atoms with van der Waals surface area (Å²) in [6.07, 6.45) is 2.72. The highest BCUT2D eigenvalue weighted by Crippen LogP contribution is 2.27. The zero-order chi connectivity index (χ0) is 20.9. The molecule has 4 aromatic rings. The van der Waals surface area contributed by atoms with E-state index in [2.05, 4.69) is 108 Å². The van der Waals surface area contributed by atoms with Crippen molar-refractivity contribution in [3.63, 3.8) is 0 Å². The molecule has 0 aliphatic rings. The summed E-state index contributed by atoms with van der Waals surface area (Å²) in [7, 11) is 0. The molecule has 0 unspecified atom stereocenters. The Morgan fingerprint density at radius 3 is 2.27 bits per heavy atom. The molecule has 0 radical (unpaired) electrons. The number of rotatable bonds is 7. The summed E-state index contributed by atoms with van der Waals surface area (Å²) >= 11 is 0. The summed E-state index contributed by atoms with van der Waals surface area (Å²) in [5.41, 5.74) is 6.98. The third-order valence-electron chi connectivity index (χ3n) is 5.49. The molecule has 0 amide bonds. The second-order valence-corrected chi connectivity index (χ2v) is 7.72. The van der Waals surface area contributed by atoms with Crippen LogP contribution in [0.2, 0.25) is 0 Å². The molecular formula is C26H28N4. The van der Waals surface area contributed by atoms with Crippen molar-refractivity contribution in [1.82, 2.24) is 15.3 Å². The molecule has 4 rings (SSSR count). The van der Waals surface area contributed by atoms with E-state index >= 15 is 0 Å². The normalized spacial score (nSPS) is 12.1. The van der Waals surface area contributed by atoms with Gasteiger partial charge in [-0.3, -0.25) is 0 Å². The first-order valence-corrected chi connectivity index (χ1v) is 10.5. The van der Waals surface area contributed by atoms with Crippen LogP contribution in [0.4, 0.5) is 11.5 Å². The van der Waals surface area contributed by atoms with Gasteiger partial charge in [0, 0.05) is 11.1 Å². The standard InChI is InChI=1S/C26H28N4/c1-4-14-27-25(20-8-6-5-7-9-20)21-10-12-22(13-11-21)30-26-23-15-18(2)19(3)16-24(23)28-17-29-26/h5-13,15-17,25,27H,4,14H2,1-3H3,(H,28,29,30)/t25-/m1/s1. The van der Waals surface area contributed by atoms with Gasteiger partial charge < -0.3 is 10.6 Å². The Bertz CT molecular complexity index is 1120. The minimum Gasteiger partial charge on any atom is -0.340 e. The lowest BCUT2D eigenvalue weighted by molar-refractivity contribution is 0.598. The van der Waals surface area contributed by atoms with Crippen LogP contribution in [-0.4, -0.2) is 16.5 Å². The monoisotopic (exact) mass is 396 g/mol. The quantitative estimate of drug-likeness (QED) is 0.397. The Kier molecular flexibility index (Phi) is 6.05. The fraction of sp³-hybridized carbons (Fsp3) is 0.231. The number of nitrogens with zero attached hydrogens (tertiary/aromatic N) is 2. The maximum absolute atomic E-state index is 4.48. The predicted molar refractivity (Wildman–Crippen MR) is 125 cm³/mol. The van der Waals surface area contributed by atoms with Gasteiger partial charge in [-0.1, -0.05) is 49.4 Å². The Hall–Kier alpha value is -3.24. The molecule has 0 aliphatic carbocycles. The summed E-state index contributed by atoms with van der Waals surface area (Å²) in [6.45, 7) is 7.40. The molecule has 0 aliphatic heterocycles. The van der Waals surface area contributed by atoms with Crippen LogP contribution in [0.5, 0.6) is 0 Å². The second kappa shape index (κ2) is 9.06. The van der Waals surface area contributed by atoms with Crippen LogP contribution in [0.3, 0.4) is 0 Å². The van der Waals surface area contributed by atoms with Gasteiger partial charge in [0.05, 0.1) is 11.6 Å². The SMILES string of the molecule is CCCN[C@H](c1ccccc1)c1ccc(Nc2ncnc3cc(C)c(C)cc23)cc1. The Labute approximate surface area is 178 Å². The second-order valence-electron chi connectivity index (χ2n) is 7.72. The van der Waals surface area contributed by atoms with E-state index in [0.717, 1.165) is 35.4 Å². The molecule has 3 aromatic carbocycles. The van der Waals surface area contributed by atoms with Gasteiger partial charge in [0.15, 0.2) is 0 Å². The van der Waals surface area contributed by atoms with Gasteiger partial charge in [-0.2, -0.15) is 0 Å². The average Bonchev–Trinajstić information content (AvgIpc) is 2.77. The summed E-state index contributed by atoms with van der Waals surface area (Å²) in [4.78, 5) is 8.91. The molecule has 4 nitrogen and oxygen atoms in total. The van der Waals surface area contributed by atoms with E-state index in [1.54, 1.807) is 6.33 Å². The lowest BCUT2D eigenvalue weighted by Gasteiger charge is -2.20. The number of hydrogen-bond donors (Lipinski definition) is 2. The fourth-order valence-corrected chi connectivity index (χ4v) is 3.67. The zero-order valence-electron chi connectivity index (χ0n) is 17.8. The highest BCUT2D eigenvalue weighted by Gasteiger charge is 2.13. The minimum absolute atomic E-state index is 0.186. The molecule has 4 heteroatoms. The molecule has 0 saturated heterocycles. The number of aryl methyl sites for hydroxylation is 2. The smallest absolute Gasteiger partial charge is 0.141 e. The van der Waals surface area contributed by atoms with Crippen LogP contribution in [0.1, 0.15) is 41.6 Å². The molecule has 152 valence electrons. The Balaban J connectivity index is 1.60. The highest BCUT2D eigenvalue weighted by molar-refractivity contribution is 5.91. The molecule has 1 atom stereocenters. The number of hydrogen-bond acceptors (Lipinski definition) is 4. The van der Waals surface area contributed by atoms with Gasteiger partial charge in [-0.15, -0.1) is 0 Å². The molecular weight excluding hydrogens is 368 g/mol. The molecule has 0 fully saturated rings. The van der Waals surface area contributed by atoms with E-state index in [1.165, 1.54) is 22.3 Å². The van der Waals surface area contributed by atoms with Gasteiger partial charge in [0.1, 0.15) is 12.1 Å². The van der Waals surface area contributed by atoms with Crippen molar-refractivity contribution in [2.45, 2.75) is 33.2 Å². The first-order valence-electron chi connectivity index (χ1n) is 10.5. The molecule has 30 heavy (non-hydrogen) atoms. The third-order valence-corrected chi connectivity index (χ3v) is 5.49. The van der Waals surface area contributed by atoms with E-state index in [1.807, 2.05) is 0 Å². The Morgan fingerprint density at radius 2 is 1.53 bits per heavy atom. The van der Waals surface area contributed by atoms with E-state index < -0.39 is 0 Å². The van der Waals surface area contributed by atoms with Gasteiger partial charge >= 0.3 is 0 Å². The Morgan fingerprint density at radius 1 is 0.833 bits per heavy atom. The van der Waals surface area contributed by atoms with Crippen LogP contribution in [-0.2, 0) is 0 Å². The molecule has 1 heterocycles. The first kappa shape index (κ1) is 20.0. The summed E-state index contributed by atoms with van der Waals surface area (Å²) < 4.78 is 0. The average molecular weight is 397 g/mol. The fourth-order valence-electron chi connectivity index (χ4n) is 3.67. The maximum Gasteiger partial charge on any atom is 0.141 e. The molecule has 0 saturated carbocycles. The summed E-state index contributed by atoms with van der Waals surface area (Å²) in [5.74, 6) is 0.833. The minimum atomic E-state index is 0.186. The van der Waals surface area contributed by atoms with Gasteiger partial charge in [0.2, 0.25) is 0 Å². The van der Waals surface area contributed by atoms with Crippen molar-refractivity contribution in [3.8, 4) is 0 Å². The van der Waals surface area contributed by atoms with Crippen LogP contribution in [0.25, 0.3) is 10.9 Å². The summed E-state index contributed by atoms with van der Waals surface area (Å²) in [6, 6.07) is 23.7. The number of anilines is 2. The molecule has 1 aromatic heterocycles. The van der Waals surface area contributed by atoms with Crippen molar-refractivity contribution >= 4 is 22.4 Å². The lowest BCUT2D eigenvalue weighted by atomic mass is 9.98. The van der Waals surface area contributed by atoms with Crippen molar-refractivity contribution in [2.24, 2.45) is 0 Å². The summed E-state index contributed by atoms with van der Waals surface area (Å²) in [5, 5.41) is 8.18. The molecule has 0 bridgehead atoms. The van der Waals surface area contributed by atoms with E-state index in [9.17, 15) is 0 Å². The predicted octanol–water partition coefficient (Wildman–Crippen LogP) is 6.08. The zero-order valence-corrected chi connectivity index (χ0v) is 17.8. The number of fused-ring (bicyclic) bond motifs is 1. The van der Waals surface area contributed by atoms with Crippen LogP contribution in [0, 0.1) is 13.8 Å². The lowest BCUT2D eigenvalue weighted by Crippen LogP contribution is -2.23. The van der Waals surface area contributed by atoms with Gasteiger partial charge in [-0.25, -0.2) is 9.97 Å². The first-order chi connectivity index (χ1) is 14.7. The number of benzene rings is 3. The van der Waals surface area contributed by atoms with Crippen molar-refractivity contribution in [2.75, 3.05) is 11.9 Å². The van der Waals surface area contributed by atoms with Crippen molar-refractivity contribution in [3.05, 3.63) is 95.3 Å². The van der Waals surface area contributed by atoms with Crippen molar-refractivity contribution in [1.29, 1.82) is 0 Å². The number of nitrogens with one attached hydrogen (secondary N) is 2. The van der Waals surface area contributed by atoms with Gasteiger partial charge in [0.25, 0.3) is 0 Å². The van der Waals surface area contributed by atoms with Gasteiger partial charge in [-0.05, 0) is 73.3 Å². The van der Waals surface area contributed by atoms with E-state index in [0.29, 0.717) is 0 Å². The topological polar surface area (TPSA) is 49.8 Å². The van der Waals surface area contributed by atoms with E-state index in [4.69, 9.17) is 0 Å². The van der Waals surface area contributed by atoms with Crippen LogP contribution < -0.4 is 10.6 Å². The molecule has 2 N–H and O–H groups in total. The highest BCUT2D eigenvalue weighted by atomic mass is 15.0. The number of aromatic nitrogens is 2. The van der Waals surface area contributed by atoms with Crippen LogP contribution in [0.15, 0.2) is 73.1 Å². The molecule has 0 spiro atoms. The largest absolute Gasteiger partial charge is 0.340 e. The third kappa shape index (κ3) is 4.34.